The van der Waals surface area contributed by atoms with Crippen molar-refractivity contribution in [2.24, 2.45) is 0 Å². The Morgan fingerprint density at radius 2 is 2.00 bits per heavy atom. The van der Waals surface area contributed by atoms with Crippen molar-refractivity contribution in [1.82, 2.24) is 14.8 Å². The molecule has 0 bridgehead atoms. The van der Waals surface area contributed by atoms with Gasteiger partial charge in [0.1, 0.15) is 11.5 Å². The number of aryl methyl sites for hydroxylation is 1. The first-order valence-electron chi connectivity index (χ1n) is 9.84. The van der Waals surface area contributed by atoms with E-state index in [4.69, 9.17) is 21.1 Å². The molecule has 1 atom stereocenters. The average Bonchev–Trinajstić information content (AvgIpc) is 3.18. The number of ether oxygens (including phenoxy) is 2. The maximum atomic E-state index is 12.4. The number of amides is 1. The number of thioether (sulfide) groups is 1. The van der Waals surface area contributed by atoms with Crippen molar-refractivity contribution in [3.8, 4) is 11.5 Å². The predicted octanol–water partition coefficient (Wildman–Crippen LogP) is 5.14. The van der Waals surface area contributed by atoms with Gasteiger partial charge in [-0.1, -0.05) is 41.6 Å². The summed E-state index contributed by atoms with van der Waals surface area (Å²) >= 11 is 7.57. The molecule has 164 valence electrons. The summed E-state index contributed by atoms with van der Waals surface area (Å²) < 4.78 is 13.2. The van der Waals surface area contributed by atoms with Gasteiger partial charge in [-0.25, -0.2) is 0 Å². The fourth-order valence-electron chi connectivity index (χ4n) is 3.01. The molecule has 0 saturated carbocycles. The lowest BCUT2D eigenvalue weighted by molar-refractivity contribution is -0.113. The number of nitrogens with one attached hydrogen (secondary N) is 1. The van der Waals surface area contributed by atoms with Gasteiger partial charge in [-0.15, -0.1) is 10.2 Å². The van der Waals surface area contributed by atoms with Crippen molar-refractivity contribution in [3.63, 3.8) is 0 Å². The van der Waals surface area contributed by atoms with Crippen molar-refractivity contribution < 1.29 is 14.3 Å². The first-order chi connectivity index (χ1) is 14.9. The largest absolute Gasteiger partial charge is 0.495 e. The standard InChI is InChI=1S/C22H25ClN4O3S/c1-5-27-21(15(3)30-19-12-14(2)10-11-16(19)23)25-26-22(27)31-13-20(28)24-17-8-6-7-9-18(17)29-4/h6-12,15H,5,13H2,1-4H3,(H,24,28). The molecule has 0 saturated heterocycles. The number of hydrogen-bond donors (Lipinski definition) is 1. The molecule has 31 heavy (non-hydrogen) atoms. The number of nitrogens with zero attached hydrogens (tertiary/aromatic N) is 3. The molecule has 9 heteroatoms. The summed E-state index contributed by atoms with van der Waals surface area (Å²) in [6, 6.07) is 12.9. The number of hydrogen-bond acceptors (Lipinski definition) is 6. The van der Waals surface area contributed by atoms with Crippen LogP contribution in [0.2, 0.25) is 5.02 Å². The van der Waals surface area contributed by atoms with Crippen LogP contribution in [-0.4, -0.2) is 33.5 Å². The molecule has 0 radical (unpaired) electrons. The first kappa shape index (κ1) is 23.0. The summed E-state index contributed by atoms with van der Waals surface area (Å²) in [6.07, 6.45) is -0.358. The SMILES string of the molecule is CCn1c(SCC(=O)Nc2ccccc2OC)nnc1C(C)Oc1cc(C)ccc1Cl. The lowest BCUT2D eigenvalue weighted by atomic mass is 10.2. The summed E-state index contributed by atoms with van der Waals surface area (Å²) in [6.45, 7) is 6.52. The van der Waals surface area contributed by atoms with Crippen molar-refractivity contribution in [2.45, 2.75) is 38.6 Å². The number of anilines is 1. The van der Waals surface area contributed by atoms with Crippen LogP contribution in [0.1, 0.15) is 31.3 Å². The highest BCUT2D eigenvalue weighted by Crippen LogP contribution is 2.31. The molecule has 7 nitrogen and oxygen atoms in total. The zero-order chi connectivity index (χ0) is 22.4. The third-order valence-electron chi connectivity index (χ3n) is 4.53. The fourth-order valence-corrected chi connectivity index (χ4v) is 3.98. The number of para-hydroxylation sites is 2. The van der Waals surface area contributed by atoms with Gasteiger partial charge in [-0.05, 0) is 50.6 Å². The van der Waals surface area contributed by atoms with Gasteiger partial charge in [-0.3, -0.25) is 4.79 Å². The van der Waals surface area contributed by atoms with Gasteiger partial charge in [0.25, 0.3) is 0 Å². The van der Waals surface area contributed by atoms with Crippen molar-refractivity contribution in [1.29, 1.82) is 0 Å². The predicted molar refractivity (Wildman–Crippen MR) is 123 cm³/mol. The lowest BCUT2D eigenvalue weighted by Crippen LogP contribution is -2.16. The van der Waals surface area contributed by atoms with Gasteiger partial charge in [-0.2, -0.15) is 0 Å². The molecule has 2 aromatic carbocycles. The third kappa shape index (κ3) is 5.71. The van der Waals surface area contributed by atoms with E-state index in [1.807, 2.05) is 55.7 Å². The summed E-state index contributed by atoms with van der Waals surface area (Å²) in [7, 11) is 1.57. The van der Waals surface area contributed by atoms with Crippen LogP contribution in [0, 0.1) is 6.92 Å². The fraction of sp³-hybridized carbons (Fsp3) is 0.318. The molecule has 0 aliphatic carbocycles. The molecular weight excluding hydrogens is 436 g/mol. The second kappa shape index (κ2) is 10.5. The van der Waals surface area contributed by atoms with Crippen LogP contribution >= 0.6 is 23.4 Å². The number of rotatable bonds is 9. The summed E-state index contributed by atoms with van der Waals surface area (Å²) in [5, 5.41) is 12.6. The lowest BCUT2D eigenvalue weighted by Gasteiger charge is -2.17. The molecule has 0 aliphatic rings. The van der Waals surface area contributed by atoms with Crippen LogP contribution < -0.4 is 14.8 Å². The minimum atomic E-state index is -0.358. The highest BCUT2D eigenvalue weighted by atomic mass is 35.5. The topological polar surface area (TPSA) is 78.3 Å². The molecule has 0 aliphatic heterocycles. The van der Waals surface area contributed by atoms with E-state index in [9.17, 15) is 4.79 Å². The van der Waals surface area contributed by atoms with E-state index < -0.39 is 0 Å². The minimum Gasteiger partial charge on any atom is -0.495 e. The van der Waals surface area contributed by atoms with Crippen molar-refractivity contribution in [3.05, 3.63) is 58.9 Å². The number of methoxy groups -OCH3 is 1. The van der Waals surface area contributed by atoms with Gasteiger partial charge in [0, 0.05) is 6.54 Å². The van der Waals surface area contributed by atoms with Crippen LogP contribution in [0.5, 0.6) is 11.5 Å². The van der Waals surface area contributed by atoms with E-state index in [1.165, 1.54) is 11.8 Å². The molecule has 0 spiro atoms. The minimum absolute atomic E-state index is 0.155. The number of benzene rings is 2. The van der Waals surface area contributed by atoms with Gasteiger partial charge in [0.15, 0.2) is 17.1 Å². The second-order valence-corrected chi connectivity index (χ2v) is 8.17. The number of carbonyl (C=O) groups is 1. The van der Waals surface area contributed by atoms with Gasteiger partial charge in [0.2, 0.25) is 5.91 Å². The van der Waals surface area contributed by atoms with E-state index in [0.717, 1.165) is 5.56 Å². The molecule has 3 aromatic rings. The van der Waals surface area contributed by atoms with Gasteiger partial charge >= 0.3 is 0 Å². The number of carbonyl (C=O) groups excluding carboxylic acids is 1. The van der Waals surface area contributed by atoms with Crippen LogP contribution in [0.3, 0.4) is 0 Å². The Kier molecular flexibility index (Phi) is 7.81. The Morgan fingerprint density at radius 3 is 2.74 bits per heavy atom. The van der Waals surface area contributed by atoms with E-state index in [-0.39, 0.29) is 17.8 Å². The van der Waals surface area contributed by atoms with E-state index in [0.29, 0.717) is 39.7 Å². The zero-order valence-corrected chi connectivity index (χ0v) is 19.5. The molecule has 1 amide bonds. The van der Waals surface area contributed by atoms with Crippen molar-refractivity contribution >= 4 is 35.0 Å². The van der Waals surface area contributed by atoms with Crippen LogP contribution in [0.4, 0.5) is 5.69 Å². The molecule has 1 heterocycles. The monoisotopic (exact) mass is 460 g/mol. The first-order valence-corrected chi connectivity index (χ1v) is 11.2. The molecule has 3 rings (SSSR count). The Bertz CT molecular complexity index is 1060. The van der Waals surface area contributed by atoms with Gasteiger partial charge in [0.05, 0.1) is 23.6 Å². The maximum absolute atomic E-state index is 12.4. The Hall–Kier alpha value is -2.71. The normalized spacial score (nSPS) is 11.8. The van der Waals surface area contributed by atoms with Crippen LogP contribution in [-0.2, 0) is 11.3 Å². The van der Waals surface area contributed by atoms with E-state index >= 15 is 0 Å². The molecule has 0 fully saturated rings. The van der Waals surface area contributed by atoms with Crippen LogP contribution in [0.15, 0.2) is 47.6 Å². The third-order valence-corrected chi connectivity index (χ3v) is 5.81. The quantitative estimate of drug-likeness (QED) is 0.445. The average molecular weight is 461 g/mol. The Labute approximate surface area is 191 Å². The summed E-state index contributed by atoms with van der Waals surface area (Å²) in [5.41, 5.74) is 1.69. The smallest absolute Gasteiger partial charge is 0.234 e. The van der Waals surface area contributed by atoms with E-state index in [1.54, 1.807) is 19.2 Å². The highest BCUT2D eigenvalue weighted by molar-refractivity contribution is 7.99. The highest BCUT2D eigenvalue weighted by Gasteiger charge is 2.20. The van der Waals surface area contributed by atoms with Crippen molar-refractivity contribution in [2.75, 3.05) is 18.2 Å². The molecule has 1 unspecified atom stereocenters. The molecular formula is C22H25ClN4O3S. The number of halogens is 1. The molecule has 1 N–H and O–H groups in total. The second-order valence-electron chi connectivity index (χ2n) is 6.82. The number of aromatic nitrogens is 3. The summed E-state index contributed by atoms with van der Waals surface area (Å²) in [5.74, 6) is 1.92. The van der Waals surface area contributed by atoms with Crippen LogP contribution in [0.25, 0.3) is 0 Å². The van der Waals surface area contributed by atoms with E-state index in [2.05, 4.69) is 15.5 Å². The summed E-state index contributed by atoms with van der Waals surface area (Å²) in [4.78, 5) is 12.4. The Balaban J connectivity index is 1.66. The van der Waals surface area contributed by atoms with Gasteiger partial charge < -0.3 is 19.4 Å². The Morgan fingerprint density at radius 1 is 1.23 bits per heavy atom. The maximum Gasteiger partial charge on any atom is 0.234 e. The zero-order valence-electron chi connectivity index (χ0n) is 17.9. The molecule has 1 aromatic heterocycles.